The molecule has 0 bridgehead atoms. The number of thioether (sulfide) groups is 1. The van der Waals surface area contributed by atoms with Crippen molar-refractivity contribution in [2.24, 2.45) is 0 Å². The van der Waals surface area contributed by atoms with Crippen LogP contribution in [-0.4, -0.2) is 10.2 Å². The average Bonchev–Trinajstić information content (AvgIpc) is 2.70. The third-order valence-electron chi connectivity index (χ3n) is 1.94. The van der Waals surface area contributed by atoms with Crippen LogP contribution in [0.15, 0.2) is 38.6 Å². The van der Waals surface area contributed by atoms with Gasteiger partial charge in [-0.05, 0) is 24.6 Å². The van der Waals surface area contributed by atoms with E-state index in [1.165, 1.54) is 5.56 Å². The Bertz CT molecular complexity index is 431. The Morgan fingerprint density at radius 1 is 1.47 bits per heavy atom. The zero-order valence-corrected chi connectivity index (χ0v) is 11.3. The van der Waals surface area contributed by atoms with E-state index in [0.717, 1.165) is 8.81 Å². The van der Waals surface area contributed by atoms with Crippen LogP contribution in [0.2, 0.25) is 0 Å². The molecule has 0 aliphatic heterocycles. The lowest BCUT2D eigenvalue weighted by Crippen LogP contribution is -1.87. The third-order valence-corrected chi connectivity index (χ3v) is 4.40. The number of benzene rings is 1. The molecule has 2 nitrogen and oxygen atoms in total. The van der Waals surface area contributed by atoms with Gasteiger partial charge in [0.1, 0.15) is 5.51 Å². The lowest BCUT2D eigenvalue weighted by molar-refractivity contribution is 0.999. The summed E-state index contributed by atoms with van der Waals surface area (Å²) in [6, 6.07) is 8.35. The van der Waals surface area contributed by atoms with E-state index in [9.17, 15) is 0 Å². The van der Waals surface area contributed by atoms with Crippen LogP contribution in [0, 0.1) is 0 Å². The molecule has 1 atom stereocenters. The maximum absolute atomic E-state index is 4.02. The second kappa shape index (κ2) is 5.09. The number of aromatic nitrogens is 2. The highest BCUT2D eigenvalue weighted by molar-refractivity contribution is 9.10. The minimum atomic E-state index is 0.399. The molecule has 2 aromatic rings. The molecule has 0 saturated heterocycles. The van der Waals surface area contributed by atoms with Gasteiger partial charge >= 0.3 is 0 Å². The van der Waals surface area contributed by atoms with Crippen molar-refractivity contribution < 1.29 is 0 Å². The summed E-state index contributed by atoms with van der Waals surface area (Å²) in [7, 11) is 0. The topological polar surface area (TPSA) is 25.8 Å². The zero-order chi connectivity index (χ0) is 10.7. The van der Waals surface area contributed by atoms with Crippen molar-refractivity contribution in [2.75, 3.05) is 0 Å². The molecular weight excluding hydrogens is 292 g/mol. The maximum atomic E-state index is 4.02. The van der Waals surface area contributed by atoms with Crippen molar-refractivity contribution in [1.29, 1.82) is 0 Å². The van der Waals surface area contributed by atoms with Gasteiger partial charge in [0.25, 0.3) is 0 Å². The largest absolute Gasteiger partial charge is 0.174 e. The van der Waals surface area contributed by atoms with Crippen LogP contribution in [0.25, 0.3) is 0 Å². The molecule has 0 aliphatic carbocycles. The normalized spacial score (nSPS) is 12.7. The first-order valence-electron chi connectivity index (χ1n) is 4.44. The number of hydrogen-bond donors (Lipinski definition) is 0. The summed E-state index contributed by atoms with van der Waals surface area (Å²) in [5.74, 6) is 0. The Labute approximate surface area is 105 Å². The first kappa shape index (κ1) is 11.1. The van der Waals surface area contributed by atoms with Crippen LogP contribution in [0.3, 0.4) is 0 Å². The molecule has 5 heteroatoms. The molecule has 1 aromatic heterocycles. The Balaban J connectivity index is 2.11. The maximum Gasteiger partial charge on any atom is 0.174 e. The fourth-order valence-corrected chi connectivity index (χ4v) is 3.35. The van der Waals surface area contributed by atoms with Gasteiger partial charge in [-0.15, -0.1) is 10.2 Å². The van der Waals surface area contributed by atoms with Crippen LogP contribution in [0.5, 0.6) is 0 Å². The van der Waals surface area contributed by atoms with Gasteiger partial charge in [0.15, 0.2) is 4.34 Å². The van der Waals surface area contributed by atoms with E-state index in [1.807, 2.05) is 6.07 Å². The van der Waals surface area contributed by atoms with Crippen molar-refractivity contribution >= 4 is 39.0 Å². The summed E-state index contributed by atoms with van der Waals surface area (Å²) in [6.45, 7) is 2.17. The van der Waals surface area contributed by atoms with E-state index in [4.69, 9.17) is 0 Å². The summed E-state index contributed by atoms with van der Waals surface area (Å²) in [5.41, 5.74) is 3.06. The summed E-state index contributed by atoms with van der Waals surface area (Å²) in [5, 5.41) is 8.25. The third kappa shape index (κ3) is 3.03. The minimum absolute atomic E-state index is 0.399. The molecule has 0 fully saturated rings. The molecule has 2 rings (SSSR count). The Morgan fingerprint density at radius 3 is 3.00 bits per heavy atom. The molecule has 0 N–H and O–H groups in total. The van der Waals surface area contributed by atoms with Crippen molar-refractivity contribution in [3.8, 4) is 0 Å². The van der Waals surface area contributed by atoms with Gasteiger partial charge in [0.05, 0.1) is 0 Å². The summed E-state index contributed by atoms with van der Waals surface area (Å²) in [6.07, 6.45) is 0. The molecule has 0 aliphatic rings. The molecule has 1 heterocycles. The van der Waals surface area contributed by atoms with Gasteiger partial charge in [-0.2, -0.15) is 0 Å². The molecule has 0 spiro atoms. The highest BCUT2D eigenvalue weighted by Crippen LogP contribution is 2.35. The van der Waals surface area contributed by atoms with Crippen LogP contribution in [-0.2, 0) is 0 Å². The van der Waals surface area contributed by atoms with Crippen LogP contribution < -0.4 is 0 Å². The van der Waals surface area contributed by atoms with Gasteiger partial charge in [-0.1, -0.05) is 51.2 Å². The molecule has 78 valence electrons. The van der Waals surface area contributed by atoms with E-state index in [0.29, 0.717) is 5.25 Å². The standard InChI is InChI=1S/C10H9BrN2S2/c1-7(15-10-13-12-6-14-10)8-3-2-4-9(11)5-8/h2-7H,1H3/t7-/m0/s1. The number of halogens is 1. The van der Waals surface area contributed by atoms with Crippen molar-refractivity contribution in [3.63, 3.8) is 0 Å². The van der Waals surface area contributed by atoms with E-state index in [2.05, 4.69) is 51.3 Å². The van der Waals surface area contributed by atoms with Gasteiger partial charge in [-0.3, -0.25) is 0 Å². The predicted octanol–water partition coefficient (Wildman–Crippen LogP) is 4.15. The number of rotatable bonds is 3. The summed E-state index contributed by atoms with van der Waals surface area (Å²) >= 11 is 6.79. The Kier molecular flexibility index (Phi) is 3.77. The smallest absolute Gasteiger partial charge is 0.146 e. The molecular formula is C10H9BrN2S2. The van der Waals surface area contributed by atoms with Crippen LogP contribution >= 0.6 is 39.0 Å². The molecule has 0 amide bonds. The molecule has 0 radical (unpaired) electrons. The fourth-order valence-electron chi connectivity index (χ4n) is 1.19. The van der Waals surface area contributed by atoms with Crippen LogP contribution in [0.4, 0.5) is 0 Å². The number of nitrogens with zero attached hydrogens (tertiary/aromatic N) is 2. The van der Waals surface area contributed by atoms with E-state index < -0.39 is 0 Å². The van der Waals surface area contributed by atoms with E-state index in [-0.39, 0.29) is 0 Å². The SMILES string of the molecule is C[C@H](Sc1nncs1)c1cccc(Br)c1. The predicted molar refractivity (Wildman–Crippen MR) is 68.3 cm³/mol. The first-order chi connectivity index (χ1) is 7.25. The van der Waals surface area contributed by atoms with Crippen LogP contribution in [0.1, 0.15) is 17.7 Å². The average molecular weight is 301 g/mol. The van der Waals surface area contributed by atoms with Gasteiger partial charge in [0, 0.05) is 9.72 Å². The van der Waals surface area contributed by atoms with Gasteiger partial charge < -0.3 is 0 Å². The van der Waals surface area contributed by atoms with E-state index >= 15 is 0 Å². The monoisotopic (exact) mass is 300 g/mol. The fraction of sp³-hybridized carbons (Fsp3) is 0.200. The minimum Gasteiger partial charge on any atom is -0.146 e. The number of hydrogen-bond acceptors (Lipinski definition) is 4. The zero-order valence-electron chi connectivity index (χ0n) is 8.05. The van der Waals surface area contributed by atoms with Gasteiger partial charge in [-0.25, -0.2) is 0 Å². The molecule has 0 saturated carbocycles. The van der Waals surface area contributed by atoms with Crippen molar-refractivity contribution in [3.05, 3.63) is 39.8 Å². The lowest BCUT2D eigenvalue weighted by atomic mass is 10.2. The molecule has 1 aromatic carbocycles. The summed E-state index contributed by atoms with van der Waals surface area (Å²) in [4.78, 5) is 0. The van der Waals surface area contributed by atoms with Gasteiger partial charge in [0.2, 0.25) is 0 Å². The highest BCUT2D eigenvalue weighted by atomic mass is 79.9. The molecule has 0 unspecified atom stereocenters. The van der Waals surface area contributed by atoms with E-state index in [1.54, 1.807) is 28.6 Å². The second-order valence-corrected chi connectivity index (χ2v) is 6.36. The Morgan fingerprint density at radius 2 is 2.33 bits per heavy atom. The second-order valence-electron chi connectivity index (χ2n) is 3.02. The highest BCUT2D eigenvalue weighted by Gasteiger charge is 2.09. The van der Waals surface area contributed by atoms with Crippen molar-refractivity contribution in [1.82, 2.24) is 10.2 Å². The Hall–Kier alpha value is -0.390. The molecule has 15 heavy (non-hydrogen) atoms. The first-order valence-corrected chi connectivity index (χ1v) is 6.99. The lowest BCUT2D eigenvalue weighted by Gasteiger charge is -2.09. The van der Waals surface area contributed by atoms with Crippen molar-refractivity contribution in [2.45, 2.75) is 16.5 Å². The quantitative estimate of drug-likeness (QED) is 0.796. The summed E-state index contributed by atoms with van der Waals surface area (Å²) < 4.78 is 2.13.